The molecule has 0 radical (unpaired) electrons. The van der Waals surface area contributed by atoms with Gasteiger partial charge in [0.05, 0.1) is 26.1 Å². The zero-order chi connectivity index (χ0) is 52.1. The number of allylic oxidation sites excluding steroid dienone is 8. The van der Waals surface area contributed by atoms with Gasteiger partial charge in [-0.3, -0.25) is 14.4 Å². The Labute approximate surface area is 442 Å². The summed E-state index contributed by atoms with van der Waals surface area (Å²) in [5.41, 5.74) is 0. The van der Waals surface area contributed by atoms with Crippen molar-refractivity contribution >= 4 is 17.8 Å². The predicted octanol–water partition coefficient (Wildman–Crippen LogP) is 15.1. The number of carbonyl (C=O) groups excluding carboxylic acids is 3. The van der Waals surface area contributed by atoms with Crippen molar-refractivity contribution in [2.45, 2.75) is 252 Å². The lowest BCUT2D eigenvalue weighted by atomic mass is 10.1. The third-order valence-corrected chi connectivity index (χ3v) is 12.9. The SMILES string of the molecule is CC/C=C\CCCCOC(CCC(=O)OCCCCCCCN(CCCCCCCOC(=O)CCC(OCCCC/C=C\CC)OCCCC/C=C\CC)CCCN1CCCC1=O)OCCCC/C=C\CC. The highest BCUT2D eigenvalue weighted by Gasteiger charge is 2.20. The van der Waals surface area contributed by atoms with Crippen LogP contribution in [-0.4, -0.2) is 113 Å². The molecule has 0 spiro atoms. The van der Waals surface area contributed by atoms with Gasteiger partial charge in [-0.1, -0.05) is 115 Å². The third-order valence-electron chi connectivity index (χ3n) is 12.9. The summed E-state index contributed by atoms with van der Waals surface area (Å²) in [7, 11) is 0. The second-order valence-corrected chi connectivity index (χ2v) is 19.6. The second kappa shape index (κ2) is 53.0. The summed E-state index contributed by atoms with van der Waals surface area (Å²) >= 11 is 0. The fourth-order valence-corrected chi connectivity index (χ4v) is 8.57. The molecular formula is C61H110N2O9. The summed E-state index contributed by atoms with van der Waals surface area (Å²) in [4.78, 5) is 42.1. The monoisotopic (exact) mass is 1010 g/mol. The Kier molecular flexibility index (Phi) is 49.5. The molecule has 0 saturated carbocycles. The molecule has 0 unspecified atom stereocenters. The summed E-state index contributed by atoms with van der Waals surface area (Å²) in [5.74, 6) is -0.0323. The third kappa shape index (κ3) is 44.6. The van der Waals surface area contributed by atoms with E-state index in [2.05, 4.69) is 81.2 Å². The van der Waals surface area contributed by atoms with Gasteiger partial charge in [-0.15, -0.1) is 0 Å². The normalized spacial score (nSPS) is 13.4. The minimum Gasteiger partial charge on any atom is -0.466 e. The predicted molar refractivity (Wildman–Crippen MR) is 298 cm³/mol. The standard InChI is InChI=1S/C61H110N2O9/c1-5-9-13-17-25-35-53-69-60(70-54-36-26-18-14-10-6-2)44-42-58(65)67-51-33-29-21-23-31-46-62(48-40-50-63-49-39-41-57(63)64)47-32-24-22-30-34-52-68-59(66)43-45-61(71-55-37-27-19-15-11-7-3)72-56-38-28-20-16-12-8-4/h9-16,60-61H,5-8,17-56H2,1-4H3/b13-9-,14-10-,15-11-,16-12-. The zero-order valence-electron chi connectivity index (χ0n) is 47.0. The lowest BCUT2D eigenvalue weighted by Crippen LogP contribution is -2.32. The lowest BCUT2D eigenvalue weighted by molar-refractivity contribution is -0.159. The smallest absolute Gasteiger partial charge is 0.305 e. The molecule has 72 heavy (non-hydrogen) atoms. The van der Waals surface area contributed by atoms with Gasteiger partial charge in [0, 0.05) is 58.8 Å². The van der Waals surface area contributed by atoms with Crippen molar-refractivity contribution in [3.63, 3.8) is 0 Å². The van der Waals surface area contributed by atoms with Crippen molar-refractivity contribution in [2.75, 3.05) is 72.4 Å². The Balaban J connectivity index is 2.35. The second-order valence-electron chi connectivity index (χ2n) is 19.6. The topological polar surface area (TPSA) is 113 Å². The minimum atomic E-state index is -0.367. The Morgan fingerprint density at radius 3 is 1.17 bits per heavy atom. The first kappa shape index (κ1) is 67.2. The van der Waals surface area contributed by atoms with Crippen molar-refractivity contribution in [3.8, 4) is 0 Å². The molecular weight excluding hydrogens is 905 g/mol. The van der Waals surface area contributed by atoms with Crippen molar-refractivity contribution in [3.05, 3.63) is 48.6 Å². The van der Waals surface area contributed by atoms with Gasteiger partial charge >= 0.3 is 11.9 Å². The van der Waals surface area contributed by atoms with Gasteiger partial charge in [0.15, 0.2) is 12.6 Å². The van der Waals surface area contributed by atoms with Crippen LogP contribution >= 0.6 is 0 Å². The molecule has 418 valence electrons. The average Bonchev–Trinajstić information content (AvgIpc) is 3.80. The van der Waals surface area contributed by atoms with Crippen molar-refractivity contribution < 1.29 is 42.8 Å². The maximum absolute atomic E-state index is 12.6. The molecule has 0 aromatic carbocycles. The number of rotatable bonds is 54. The molecule has 1 saturated heterocycles. The highest BCUT2D eigenvalue weighted by molar-refractivity contribution is 5.78. The summed E-state index contributed by atoms with van der Waals surface area (Å²) in [6, 6.07) is 0. The van der Waals surface area contributed by atoms with Gasteiger partial charge in [-0.25, -0.2) is 0 Å². The van der Waals surface area contributed by atoms with E-state index in [1.54, 1.807) is 0 Å². The number of carbonyl (C=O) groups is 3. The number of unbranched alkanes of at least 4 members (excludes halogenated alkanes) is 16. The molecule has 0 aromatic heterocycles. The molecule has 1 amide bonds. The average molecular weight is 1020 g/mol. The van der Waals surface area contributed by atoms with Crippen molar-refractivity contribution in [1.29, 1.82) is 0 Å². The number of amides is 1. The summed E-state index contributed by atoms with van der Waals surface area (Å²) in [6.07, 6.45) is 49.0. The van der Waals surface area contributed by atoms with E-state index in [1.165, 1.54) is 0 Å². The van der Waals surface area contributed by atoms with E-state index in [9.17, 15) is 14.4 Å². The lowest BCUT2D eigenvalue weighted by Gasteiger charge is -2.24. The largest absolute Gasteiger partial charge is 0.466 e. The number of hydrogen-bond donors (Lipinski definition) is 0. The molecule has 1 fully saturated rings. The first-order valence-electron chi connectivity index (χ1n) is 29.8. The van der Waals surface area contributed by atoms with Gasteiger partial charge in [0.1, 0.15) is 0 Å². The number of nitrogens with zero attached hydrogens (tertiary/aromatic N) is 2. The van der Waals surface area contributed by atoms with E-state index in [1.807, 2.05) is 4.90 Å². The maximum atomic E-state index is 12.6. The molecule has 1 aliphatic heterocycles. The molecule has 0 aromatic rings. The Morgan fingerprint density at radius 1 is 0.458 bits per heavy atom. The fraction of sp³-hybridized carbons (Fsp3) is 0.820. The van der Waals surface area contributed by atoms with Gasteiger partial charge in [-0.2, -0.15) is 0 Å². The van der Waals surface area contributed by atoms with Crippen LogP contribution in [-0.2, 0) is 42.8 Å². The van der Waals surface area contributed by atoms with Gasteiger partial charge in [0.25, 0.3) is 0 Å². The zero-order valence-corrected chi connectivity index (χ0v) is 47.0. The van der Waals surface area contributed by atoms with E-state index < -0.39 is 0 Å². The molecule has 1 rings (SSSR count). The van der Waals surface area contributed by atoms with E-state index in [0.717, 1.165) is 213 Å². The molecule has 0 N–H and O–H groups in total. The molecule has 1 heterocycles. The number of hydrogen-bond acceptors (Lipinski definition) is 10. The van der Waals surface area contributed by atoms with Crippen LogP contribution in [0.5, 0.6) is 0 Å². The Morgan fingerprint density at radius 2 is 0.806 bits per heavy atom. The first-order valence-corrected chi connectivity index (χ1v) is 29.8. The van der Waals surface area contributed by atoms with E-state index in [0.29, 0.717) is 77.7 Å². The summed E-state index contributed by atoms with van der Waals surface area (Å²) in [5, 5.41) is 0. The maximum Gasteiger partial charge on any atom is 0.305 e. The van der Waals surface area contributed by atoms with Crippen LogP contribution in [0, 0.1) is 0 Å². The molecule has 0 atom stereocenters. The van der Waals surface area contributed by atoms with Crippen LogP contribution in [0.15, 0.2) is 48.6 Å². The molecule has 0 bridgehead atoms. The Bertz CT molecular complexity index is 1220. The number of esters is 2. The number of likely N-dealkylation sites (tertiary alicyclic amines) is 1. The van der Waals surface area contributed by atoms with E-state index in [-0.39, 0.29) is 24.5 Å². The first-order chi connectivity index (χ1) is 35.4. The van der Waals surface area contributed by atoms with Gasteiger partial charge < -0.3 is 38.2 Å². The van der Waals surface area contributed by atoms with Crippen molar-refractivity contribution in [2.24, 2.45) is 0 Å². The molecule has 0 aliphatic carbocycles. The Hall–Kier alpha value is -2.83. The molecule has 11 heteroatoms. The highest BCUT2D eigenvalue weighted by atomic mass is 16.7. The van der Waals surface area contributed by atoms with Crippen molar-refractivity contribution in [1.82, 2.24) is 9.80 Å². The van der Waals surface area contributed by atoms with Crippen LogP contribution in [0.4, 0.5) is 0 Å². The van der Waals surface area contributed by atoms with Crippen LogP contribution in [0.2, 0.25) is 0 Å². The molecule has 1 aliphatic rings. The molecule has 11 nitrogen and oxygen atoms in total. The minimum absolute atomic E-state index is 0.169. The van der Waals surface area contributed by atoms with Crippen LogP contribution in [0.25, 0.3) is 0 Å². The van der Waals surface area contributed by atoms with Gasteiger partial charge in [0.2, 0.25) is 5.91 Å². The summed E-state index contributed by atoms with van der Waals surface area (Å²) < 4.78 is 35.6. The van der Waals surface area contributed by atoms with Crippen LogP contribution in [0.3, 0.4) is 0 Å². The fourth-order valence-electron chi connectivity index (χ4n) is 8.57. The van der Waals surface area contributed by atoms with Crippen LogP contribution < -0.4 is 0 Å². The quantitative estimate of drug-likeness (QED) is 0.0253. The van der Waals surface area contributed by atoms with Gasteiger partial charge in [-0.05, 0) is 161 Å². The van der Waals surface area contributed by atoms with E-state index >= 15 is 0 Å². The highest BCUT2D eigenvalue weighted by Crippen LogP contribution is 2.15. The van der Waals surface area contributed by atoms with E-state index in [4.69, 9.17) is 28.4 Å². The number of ether oxygens (including phenoxy) is 6. The van der Waals surface area contributed by atoms with Crippen LogP contribution in [0.1, 0.15) is 240 Å². The summed E-state index contributed by atoms with van der Waals surface area (Å²) in [6.45, 7) is 17.0.